The zero-order valence-electron chi connectivity index (χ0n) is 9.97. The van der Waals surface area contributed by atoms with Gasteiger partial charge in [-0.25, -0.2) is 9.97 Å². The van der Waals surface area contributed by atoms with Crippen molar-refractivity contribution in [1.29, 1.82) is 0 Å². The molecule has 1 heterocycles. The molecule has 0 fully saturated rings. The quantitative estimate of drug-likeness (QED) is 0.845. The second-order valence-electron chi connectivity index (χ2n) is 3.88. The number of rotatable bonds is 3. The average Bonchev–Trinajstić information content (AvgIpc) is 2.32. The lowest BCUT2D eigenvalue weighted by Gasteiger charge is -2.05. The minimum atomic E-state index is 0.648. The Balaban J connectivity index is 2.08. The molecule has 4 heteroatoms. The van der Waals surface area contributed by atoms with Gasteiger partial charge in [0.05, 0.1) is 23.3 Å². The van der Waals surface area contributed by atoms with Crippen LogP contribution in [0, 0.1) is 13.8 Å². The van der Waals surface area contributed by atoms with Gasteiger partial charge in [-0.2, -0.15) is 0 Å². The molecule has 0 radical (unpaired) electrons. The van der Waals surface area contributed by atoms with E-state index in [1.807, 2.05) is 19.1 Å². The van der Waals surface area contributed by atoms with Crippen molar-refractivity contribution in [3.63, 3.8) is 0 Å². The molecular weight excluding hydrogens is 230 g/mol. The van der Waals surface area contributed by atoms with Gasteiger partial charge in [-0.05, 0) is 25.5 Å². The number of nitrogen functional groups attached to an aromatic ring is 1. The smallest absolute Gasteiger partial charge is 0.138 e. The van der Waals surface area contributed by atoms with Crippen LogP contribution in [0.2, 0.25) is 0 Å². The van der Waals surface area contributed by atoms with Crippen molar-refractivity contribution in [2.45, 2.75) is 24.5 Å². The van der Waals surface area contributed by atoms with Crippen molar-refractivity contribution < 1.29 is 0 Å². The number of hydrogen-bond donors (Lipinski definition) is 1. The summed E-state index contributed by atoms with van der Waals surface area (Å²) < 4.78 is 0. The van der Waals surface area contributed by atoms with E-state index in [0.717, 1.165) is 17.3 Å². The van der Waals surface area contributed by atoms with Crippen LogP contribution < -0.4 is 5.73 Å². The molecular formula is C13H15N3S. The van der Waals surface area contributed by atoms with Crippen molar-refractivity contribution >= 4 is 17.4 Å². The molecule has 0 saturated heterocycles. The van der Waals surface area contributed by atoms with E-state index in [2.05, 4.69) is 29.0 Å². The van der Waals surface area contributed by atoms with Gasteiger partial charge in [0.2, 0.25) is 0 Å². The number of benzene rings is 1. The first kappa shape index (κ1) is 11.9. The second kappa shape index (κ2) is 5.19. The monoisotopic (exact) mass is 245 g/mol. The molecule has 0 spiro atoms. The number of nitrogens with two attached hydrogens (primary N) is 1. The highest BCUT2D eigenvalue weighted by Crippen LogP contribution is 2.24. The highest BCUT2D eigenvalue weighted by molar-refractivity contribution is 7.98. The first-order valence-corrected chi connectivity index (χ1v) is 6.42. The molecule has 0 bridgehead atoms. The Morgan fingerprint density at radius 2 is 2.00 bits per heavy atom. The van der Waals surface area contributed by atoms with Gasteiger partial charge < -0.3 is 5.73 Å². The Kier molecular flexibility index (Phi) is 3.64. The lowest BCUT2D eigenvalue weighted by molar-refractivity contribution is 1.000. The number of thioether (sulfide) groups is 1. The van der Waals surface area contributed by atoms with Gasteiger partial charge >= 0.3 is 0 Å². The summed E-state index contributed by atoms with van der Waals surface area (Å²) in [5.41, 5.74) is 8.47. The fraction of sp³-hybridized carbons (Fsp3) is 0.231. The van der Waals surface area contributed by atoms with Crippen LogP contribution in [0.3, 0.4) is 0 Å². The first-order chi connectivity index (χ1) is 8.16. The van der Waals surface area contributed by atoms with Crippen LogP contribution >= 0.6 is 11.8 Å². The van der Waals surface area contributed by atoms with E-state index in [1.165, 1.54) is 10.5 Å². The summed E-state index contributed by atoms with van der Waals surface area (Å²) in [4.78, 5) is 9.86. The molecule has 0 amide bonds. The van der Waals surface area contributed by atoms with Crippen molar-refractivity contribution in [3.05, 3.63) is 47.5 Å². The topological polar surface area (TPSA) is 51.8 Å². The molecule has 0 unspecified atom stereocenters. The summed E-state index contributed by atoms with van der Waals surface area (Å²) in [6, 6.07) is 8.31. The minimum Gasteiger partial charge on any atom is -0.396 e. The molecule has 2 N–H and O–H groups in total. The van der Waals surface area contributed by atoms with E-state index in [4.69, 9.17) is 5.73 Å². The van der Waals surface area contributed by atoms with Gasteiger partial charge in [-0.1, -0.05) is 18.2 Å². The third kappa shape index (κ3) is 2.97. The van der Waals surface area contributed by atoms with E-state index >= 15 is 0 Å². The molecule has 2 aromatic rings. The summed E-state index contributed by atoms with van der Waals surface area (Å²) in [7, 11) is 0. The van der Waals surface area contributed by atoms with Crippen LogP contribution in [-0.4, -0.2) is 9.97 Å². The van der Waals surface area contributed by atoms with Gasteiger partial charge in [-0.15, -0.1) is 11.8 Å². The van der Waals surface area contributed by atoms with Crippen LogP contribution in [0.25, 0.3) is 0 Å². The van der Waals surface area contributed by atoms with Crippen molar-refractivity contribution in [2.24, 2.45) is 0 Å². The summed E-state index contributed by atoms with van der Waals surface area (Å²) in [5, 5.41) is 0. The van der Waals surface area contributed by atoms with Gasteiger partial charge in [0.1, 0.15) is 5.82 Å². The highest BCUT2D eigenvalue weighted by atomic mass is 32.2. The third-order valence-corrected chi connectivity index (χ3v) is 3.69. The van der Waals surface area contributed by atoms with Crippen LogP contribution in [0.1, 0.15) is 17.1 Å². The Hall–Kier alpha value is -1.55. The van der Waals surface area contributed by atoms with Crippen molar-refractivity contribution in [1.82, 2.24) is 9.97 Å². The highest BCUT2D eigenvalue weighted by Gasteiger charge is 2.03. The molecule has 0 aliphatic carbocycles. The maximum Gasteiger partial charge on any atom is 0.138 e. The minimum absolute atomic E-state index is 0.648. The summed E-state index contributed by atoms with van der Waals surface area (Å²) >= 11 is 1.75. The van der Waals surface area contributed by atoms with E-state index in [0.29, 0.717) is 5.69 Å². The Morgan fingerprint density at radius 1 is 1.24 bits per heavy atom. The molecule has 0 saturated carbocycles. The van der Waals surface area contributed by atoms with E-state index in [9.17, 15) is 0 Å². The van der Waals surface area contributed by atoms with Crippen molar-refractivity contribution in [3.8, 4) is 0 Å². The molecule has 2 rings (SSSR count). The zero-order chi connectivity index (χ0) is 12.3. The Bertz CT molecular complexity index is 526. The average molecular weight is 245 g/mol. The standard InChI is InChI=1S/C13H15N3S/c1-9-5-3-4-6-12(9)17-8-13-15-7-11(14)10(2)16-13/h3-7H,8,14H2,1-2H3. The molecule has 0 aliphatic heterocycles. The van der Waals surface area contributed by atoms with Gasteiger partial charge in [0.15, 0.2) is 0 Å². The Labute approximate surface area is 105 Å². The SMILES string of the molecule is Cc1ccccc1SCc1ncc(N)c(C)n1. The molecule has 1 aromatic heterocycles. The van der Waals surface area contributed by atoms with Crippen LogP contribution in [-0.2, 0) is 5.75 Å². The maximum absolute atomic E-state index is 5.69. The van der Waals surface area contributed by atoms with Gasteiger partial charge in [-0.3, -0.25) is 0 Å². The lowest BCUT2D eigenvalue weighted by Crippen LogP contribution is -1.99. The van der Waals surface area contributed by atoms with Crippen LogP contribution in [0.5, 0.6) is 0 Å². The zero-order valence-corrected chi connectivity index (χ0v) is 10.8. The van der Waals surface area contributed by atoms with Crippen LogP contribution in [0.4, 0.5) is 5.69 Å². The molecule has 88 valence electrons. The molecule has 0 atom stereocenters. The predicted octanol–water partition coefficient (Wildman–Crippen LogP) is 2.97. The molecule has 1 aromatic carbocycles. The molecule has 0 aliphatic rings. The van der Waals surface area contributed by atoms with Gasteiger partial charge in [0.25, 0.3) is 0 Å². The van der Waals surface area contributed by atoms with Gasteiger partial charge in [0, 0.05) is 4.90 Å². The number of aryl methyl sites for hydroxylation is 2. The van der Waals surface area contributed by atoms with Crippen LogP contribution in [0.15, 0.2) is 35.4 Å². The third-order valence-electron chi connectivity index (χ3n) is 2.52. The fourth-order valence-corrected chi connectivity index (χ4v) is 2.35. The first-order valence-electron chi connectivity index (χ1n) is 5.43. The number of anilines is 1. The fourth-order valence-electron chi connectivity index (χ4n) is 1.45. The van der Waals surface area contributed by atoms with Crippen molar-refractivity contribution in [2.75, 3.05) is 5.73 Å². The predicted molar refractivity (Wildman–Crippen MR) is 71.9 cm³/mol. The summed E-state index contributed by atoms with van der Waals surface area (Å²) in [6.45, 7) is 4.01. The number of hydrogen-bond acceptors (Lipinski definition) is 4. The maximum atomic E-state index is 5.69. The lowest BCUT2D eigenvalue weighted by atomic mass is 10.2. The largest absolute Gasteiger partial charge is 0.396 e. The number of nitrogens with zero attached hydrogens (tertiary/aromatic N) is 2. The van der Waals surface area contributed by atoms with E-state index in [1.54, 1.807) is 18.0 Å². The molecule has 17 heavy (non-hydrogen) atoms. The normalized spacial score (nSPS) is 10.5. The summed E-state index contributed by atoms with van der Waals surface area (Å²) in [6.07, 6.45) is 1.68. The Morgan fingerprint density at radius 3 is 2.71 bits per heavy atom. The van der Waals surface area contributed by atoms with E-state index < -0.39 is 0 Å². The van der Waals surface area contributed by atoms with E-state index in [-0.39, 0.29) is 0 Å². The number of aromatic nitrogens is 2. The molecule has 3 nitrogen and oxygen atoms in total. The summed E-state index contributed by atoms with van der Waals surface area (Å²) in [5.74, 6) is 1.59. The second-order valence-corrected chi connectivity index (χ2v) is 4.90.